The molecule has 11 rings (SSSR count). The number of nitrogens with zero attached hydrogens (tertiary/aromatic N) is 2. The molecule has 3 nitrogen and oxygen atoms in total. The summed E-state index contributed by atoms with van der Waals surface area (Å²) in [4.78, 5) is 9.48. The van der Waals surface area contributed by atoms with Crippen LogP contribution in [0.15, 0.2) is 114 Å². The van der Waals surface area contributed by atoms with Crippen LogP contribution in [0.3, 0.4) is 0 Å². The van der Waals surface area contributed by atoms with Crippen LogP contribution in [-0.2, 0) is 32.9 Å². The fourth-order valence-electron chi connectivity index (χ4n) is 10.5. The molecule has 305 valence electrons. The maximum absolute atomic E-state index is 6.37. The second-order valence-electron chi connectivity index (χ2n) is 18.8. The Morgan fingerprint density at radius 1 is 0.712 bits per heavy atom. The van der Waals surface area contributed by atoms with E-state index in [4.69, 9.17) is 14.4 Å². The van der Waals surface area contributed by atoms with Crippen molar-refractivity contribution in [3.8, 4) is 33.6 Å². The molecule has 4 aliphatic rings. The van der Waals surface area contributed by atoms with Gasteiger partial charge < -0.3 is 14.4 Å². The van der Waals surface area contributed by atoms with E-state index in [-0.39, 0.29) is 20.1 Å². The molecule has 2 bridgehead atoms. The van der Waals surface area contributed by atoms with E-state index in [2.05, 4.69) is 130 Å². The standard InChI is InChI=1S/C33H30NO.C21H28NSi.Ir/c1-21-15-27(24-5-3-2-4-6-24)19-30-29-12-11-26(20-32(29)35-33(21)30)31-18-23(13-14-34-31)17-28-16-22-7-9-25(28)10-8-22;1-23(2,3)21-16-22-20(18-12-8-5-9-13-18)15-19(21)14-17-10-6-4-7-11-17;/h2-6,12-15,18-20,22,25,28H,7-10,16-17H2,1H3;5,8-9,12,15-17H,4,6-7,10-11,14H2,1-3H3;/q2*-1;. The molecule has 4 aromatic carbocycles. The second-order valence-corrected chi connectivity index (χ2v) is 23.8. The van der Waals surface area contributed by atoms with Crippen molar-refractivity contribution in [1.29, 1.82) is 0 Å². The van der Waals surface area contributed by atoms with Crippen molar-refractivity contribution < 1.29 is 24.5 Å². The fourth-order valence-corrected chi connectivity index (χ4v) is 12.1. The minimum Gasteiger partial charge on any atom is -0.476 e. The summed E-state index contributed by atoms with van der Waals surface area (Å²) in [5.41, 5.74) is 12.6. The summed E-state index contributed by atoms with van der Waals surface area (Å²) in [7, 11) is -1.36. The summed E-state index contributed by atoms with van der Waals surface area (Å²) in [6, 6.07) is 41.1. The van der Waals surface area contributed by atoms with E-state index in [1.807, 2.05) is 18.3 Å². The molecule has 0 N–H and O–H groups in total. The second kappa shape index (κ2) is 18.2. The van der Waals surface area contributed by atoms with Gasteiger partial charge in [0.25, 0.3) is 0 Å². The van der Waals surface area contributed by atoms with E-state index in [0.717, 1.165) is 73.7 Å². The molecule has 5 heteroatoms. The zero-order chi connectivity index (χ0) is 39.6. The van der Waals surface area contributed by atoms with Gasteiger partial charge in [-0.05, 0) is 113 Å². The molecule has 3 heterocycles. The van der Waals surface area contributed by atoms with Crippen molar-refractivity contribution in [3.05, 3.63) is 138 Å². The van der Waals surface area contributed by atoms with Gasteiger partial charge in [0.05, 0.1) is 13.7 Å². The zero-order valence-corrected chi connectivity index (χ0v) is 38.7. The molecule has 1 radical (unpaired) electrons. The third-order valence-electron chi connectivity index (χ3n) is 13.6. The van der Waals surface area contributed by atoms with Gasteiger partial charge in [-0.25, -0.2) is 0 Å². The molecule has 4 saturated carbocycles. The molecular formula is C54H58IrN2OSi-2. The van der Waals surface area contributed by atoms with Gasteiger partial charge in [0.15, 0.2) is 0 Å². The van der Waals surface area contributed by atoms with Crippen LogP contribution in [0.25, 0.3) is 55.6 Å². The van der Waals surface area contributed by atoms with Crippen LogP contribution in [0.1, 0.15) is 80.9 Å². The third kappa shape index (κ3) is 9.44. The minimum absolute atomic E-state index is 0. The summed E-state index contributed by atoms with van der Waals surface area (Å²) < 4.78 is 6.37. The molecular weight excluding hydrogens is 913 g/mol. The van der Waals surface area contributed by atoms with E-state index in [1.54, 1.807) is 10.8 Å². The first-order valence-electron chi connectivity index (χ1n) is 22.1. The van der Waals surface area contributed by atoms with Gasteiger partial charge in [0.2, 0.25) is 0 Å². The van der Waals surface area contributed by atoms with Crippen molar-refractivity contribution >= 4 is 35.2 Å². The van der Waals surface area contributed by atoms with Crippen LogP contribution in [0.4, 0.5) is 0 Å². The Hall–Kier alpha value is -4.15. The SMILES string of the molecule is C[Si](C)(C)c1cnc(-c2[c-]cccc2)cc1CC1CCCCC1.Cc1cc(-c2ccccc2)cc2c1oc1cc(-c3cc(CC4CC5CCC4CC5)ccn3)[c-]cc12.[Ir]. The fraction of sp³-hybridized carbons (Fsp3) is 0.370. The number of pyridine rings is 2. The number of furan rings is 1. The first-order chi connectivity index (χ1) is 28.2. The van der Waals surface area contributed by atoms with Gasteiger partial charge in [-0.1, -0.05) is 136 Å². The molecule has 59 heavy (non-hydrogen) atoms. The summed E-state index contributed by atoms with van der Waals surface area (Å²) in [5, 5.41) is 3.80. The maximum Gasteiger partial charge on any atom is 0.126 e. The Kier molecular flexibility index (Phi) is 12.8. The van der Waals surface area contributed by atoms with E-state index in [0.29, 0.717) is 0 Å². The molecule has 3 aromatic heterocycles. The topological polar surface area (TPSA) is 38.9 Å². The normalized spacial score (nSPS) is 19.3. The van der Waals surface area contributed by atoms with E-state index in [1.165, 1.54) is 93.7 Å². The quantitative estimate of drug-likeness (QED) is 0.113. The number of rotatable bonds is 8. The van der Waals surface area contributed by atoms with Gasteiger partial charge >= 0.3 is 0 Å². The maximum atomic E-state index is 6.37. The molecule has 1 atom stereocenters. The zero-order valence-electron chi connectivity index (χ0n) is 35.3. The molecule has 0 saturated heterocycles. The van der Waals surface area contributed by atoms with Crippen molar-refractivity contribution in [2.45, 2.75) is 104 Å². The van der Waals surface area contributed by atoms with Crippen LogP contribution < -0.4 is 5.19 Å². The monoisotopic (exact) mass is 971 g/mol. The van der Waals surface area contributed by atoms with Gasteiger partial charge in [0.1, 0.15) is 5.58 Å². The minimum atomic E-state index is -1.36. The summed E-state index contributed by atoms with van der Waals surface area (Å²) in [5.74, 6) is 3.62. The predicted molar refractivity (Wildman–Crippen MR) is 245 cm³/mol. The number of benzene rings is 4. The first kappa shape index (κ1) is 41.6. The smallest absolute Gasteiger partial charge is 0.126 e. The largest absolute Gasteiger partial charge is 0.476 e. The average Bonchev–Trinajstić information content (AvgIpc) is 3.64. The molecule has 1 unspecified atom stereocenters. The molecule has 7 aromatic rings. The van der Waals surface area contributed by atoms with E-state index < -0.39 is 8.07 Å². The van der Waals surface area contributed by atoms with Crippen molar-refractivity contribution in [2.24, 2.45) is 23.7 Å². The Morgan fingerprint density at radius 3 is 2.22 bits per heavy atom. The van der Waals surface area contributed by atoms with Gasteiger partial charge in [-0.15, -0.1) is 53.6 Å². The van der Waals surface area contributed by atoms with Gasteiger partial charge in [-0.3, -0.25) is 0 Å². The van der Waals surface area contributed by atoms with Crippen molar-refractivity contribution in [3.63, 3.8) is 0 Å². The number of aryl methyl sites for hydroxylation is 1. The van der Waals surface area contributed by atoms with Gasteiger partial charge in [-0.2, -0.15) is 0 Å². The van der Waals surface area contributed by atoms with Crippen LogP contribution >= 0.6 is 0 Å². The van der Waals surface area contributed by atoms with E-state index >= 15 is 0 Å². The van der Waals surface area contributed by atoms with Crippen LogP contribution in [0.2, 0.25) is 19.6 Å². The number of fused-ring (bicyclic) bond motifs is 6. The summed E-state index contributed by atoms with van der Waals surface area (Å²) in [6.07, 6.45) is 20.8. The Bertz CT molecular complexity index is 2490. The summed E-state index contributed by atoms with van der Waals surface area (Å²) in [6.45, 7) is 9.43. The number of hydrogen-bond donors (Lipinski definition) is 0. The van der Waals surface area contributed by atoms with Crippen LogP contribution in [0, 0.1) is 42.7 Å². The van der Waals surface area contributed by atoms with Crippen molar-refractivity contribution in [1.82, 2.24) is 9.97 Å². The predicted octanol–water partition coefficient (Wildman–Crippen LogP) is 14.0. The van der Waals surface area contributed by atoms with E-state index in [9.17, 15) is 0 Å². The summed E-state index contributed by atoms with van der Waals surface area (Å²) >= 11 is 0. The first-order valence-corrected chi connectivity index (χ1v) is 25.6. The van der Waals surface area contributed by atoms with Crippen molar-refractivity contribution in [2.75, 3.05) is 0 Å². The number of aromatic nitrogens is 2. The number of hydrogen-bond acceptors (Lipinski definition) is 3. The third-order valence-corrected chi connectivity index (χ3v) is 15.7. The average molecular weight is 971 g/mol. The molecule has 0 aliphatic heterocycles. The van der Waals surface area contributed by atoms with Gasteiger partial charge in [0, 0.05) is 32.5 Å². The van der Waals surface area contributed by atoms with Crippen LogP contribution in [-0.4, -0.2) is 18.0 Å². The molecule has 0 amide bonds. The molecule has 4 aliphatic carbocycles. The Labute approximate surface area is 366 Å². The molecule has 0 spiro atoms. The molecule has 4 fully saturated rings. The Balaban J connectivity index is 0.000000176. The Morgan fingerprint density at radius 2 is 1.49 bits per heavy atom. The van der Waals surface area contributed by atoms with Crippen LogP contribution in [0.5, 0.6) is 0 Å².